The van der Waals surface area contributed by atoms with Crippen molar-refractivity contribution in [3.05, 3.63) is 28.3 Å². The van der Waals surface area contributed by atoms with Crippen molar-refractivity contribution in [2.75, 3.05) is 5.73 Å². The van der Waals surface area contributed by atoms with Crippen molar-refractivity contribution in [2.24, 2.45) is 5.73 Å². The minimum Gasteiger partial charge on any atom is -0.385 e. The molecule has 2 atom stereocenters. The fraction of sp³-hybridized carbons (Fsp3) is 0.364. The smallest absolute Gasteiger partial charge is 0.252 e. The minimum absolute atomic E-state index is 0.278. The van der Waals surface area contributed by atoms with Gasteiger partial charge < -0.3 is 16.5 Å². The normalized spacial score (nSPS) is 24.5. The Labute approximate surface area is 98.5 Å². The zero-order valence-corrected chi connectivity index (χ0v) is 10.1. The number of nitrogen functional groups attached to an aromatic ring is 1. The number of hydrogen-bond donors (Lipinski definition) is 3. The second-order valence-electron chi connectivity index (χ2n) is 4.04. The van der Waals surface area contributed by atoms with E-state index in [1.54, 1.807) is 6.07 Å². The molecule has 2 unspecified atom stereocenters. The summed E-state index contributed by atoms with van der Waals surface area (Å²) in [6.45, 7) is 4.24. The van der Waals surface area contributed by atoms with Crippen molar-refractivity contribution in [3.63, 3.8) is 0 Å². The van der Waals surface area contributed by atoms with E-state index < -0.39 is 5.91 Å². The summed E-state index contributed by atoms with van der Waals surface area (Å²) < 4.78 is 0. The van der Waals surface area contributed by atoms with Crippen molar-refractivity contribution < 1.29 is 4.79 Å². The van der Waals surface area contributed by atoms with Crippen LogP contribution in [-0.2, 0) is 0 Å². The molecule has 0 aliphatic carbocycles. The number of amides is 1. The van der Waals surface area contributed by atoms with E-state index in [0.29, 0.717) is 16.6 Å². The molecule has 1 aliphatic rings. The number of aromatic nitrogens is 1. The maximum absolute atomic E-state index is 11.1. The summed E-state index contributed by atoms with van der Waals surface area (Å²) in [6.07, 6.45) is 2.19. The summed E-state index contributed by atoms with van der Waals surface area (Å²) >= 11 is 1.83. The van der Waals surface area contributed by atoms with Crippen LogP contribution >= 0.6 is 11.8 Å². The van der Waals surface area contributed by atoms with Crippen LogP contribution in [0.25, 0.3) is 0 Å². The lowest BCUT2D eigenvalue weighted by Crippen LogP contribution is -2.11. The van der Waals surface area contributed by atoms with E-state index in [4.69, 9.17) is 11.5 Å². The number of nitrogens with one attached hydrogen (secondary N) is 1. The number of carbonyl (C=O) groups is 1. The maximum atomic E-state index is 11.1. The van der Waals surface area contributed by atoms with Gasteiger partial charge in [0.1, 0.15) is 5.82 Å². The molecule has 1 amide bonds. The Balaban J connectivity index is 2.35. The second-order valence-corrected chi connectivity index (χ2v) is 5.67. The number of carbonyl (C=O) groups excluding carboxylic acids is 1. The van der Waals surface area contributed by atoms with E-state index in [2.05, 4.69) is 24.9 Å². The molecule has 5 heteroatoms. The average Bonchev–Trinajstić information content (AvgIpc) is 2.69. The predicted molar refractivity (Wildman–Crippen MR) is 67.3 cm³/mol. The average molecular weight is 237 g/mol. The van der Waals surface area contributed by atoms with Gasteiger partial charge in [-0.1, -0.05) is 13.0 Å². The number of nitrogens with two attached hydrogens (primary N) is 2. The Morgan fingerprint density at radius 3 is 2.69 bits per heavy atom. The standard InChI is InChI=1S/C11H15N3OS/c1-5-3-7(6(2)16-5)9-4-8(11(13)15)10(12)14-9/h3-4,6-7,14H,12H2,1-2H3,(H2,13,15). The molecule has 0 aromatic carbocycles. The zero-order valence-electron chi connectivity index (χ0n) is 9.28. The quantitative estimate of drug-likeness (QED) is 0.733. The maximum Gasteiger partial charge on any atom is 0.252 e. The minimum atomic E-state index is -0.487. The van der Waals surface area contributed by atoms with E-state index in [1.165, 1.54) is 4.91 Å². The Hall–Kier alpha value is -1.36. The zero-order chi connectivity index (χ0) is 11.9. The summed E-state index contributed by atoms with van der Waals surface area (Å²) in [7, 11) is 0. The molecule has 16 heavy (non-hydrogen) atoms. The number of hydrogen-bond acceptors (Lipinski definition) is 3. The Morgan fingerprint density at radius 1 is 1.56 bits per heavy atom. The molecular formula is C11H15N3OS. The molecule has 1 aliphatic heterocycles. The molecule has 0 fully saturated rings. The molecule has 1 aromatic heterocycles. The molecule has 0 saturated carbocycles. The molecule has 1 aromatic rings. The van der Waals surface area contributed by atoms with Crippen molar-refractivity contribution in [2.45, 2.75) is 25.0 Å². The van der Waals surface area contributed by atoms with Gasteiger partial charge in [0.25, 0.3) is 5.91 Å². The van der Waals surface area contributed by atoms with Crippen molar-refractivity contribution >= 4 is 23.5 Å². The molecule has 0 spiro atoms. The largest absolute Gasteiger partial charge is 0.385 e. The van der Waals surface area contributed by atoms with Crippen LogP contribution < -0.4 is 11.5 Å². The lowest BCUT2D eigenvalue weighted by atomic mass is 10.0. The van der Waals surface area contributed by atoms with Crippen molar-refractivity contribution in [1.82, 2.24) is 4.98 Å². The van der Waals surface area contributed by atoms with Gasteiger partial charge in [0.05, 0.1) is 5.56 Å². The predicted octanol–water partition coefficient (Wildman–Crippen LogP) is 1.82. The van der Waals surface area contributed by atoms with Gasteiger partial charge in [0, 0.05) is 16.9 Å². The van der Waals surface area contributed by atoms with Crippen LogP contribution in [0.1, 0.15) is 35.8 Å². The van der Waals surface area contributed by atoms with Crippen molar-refractivity contribution in [1.29, 1.82) is 0 Å². The van der Waals surface area contributed by atoms with E-state index in [0.717, 1.165) is 5.69 Å². The van der Waals surface area contributed by atoms with E-state index >= 15 is 0 Å². The lowest BCUT2D eigenvalue weighted by Gasteiger charge is -2.11. The van der Waals surface area contributed by atoms with Gasteiger partial charge >= 0.3 is 0 Å². The van der Waals surface area contributed by atoms with Gasteiger partial charge in [0.2, 0.25) is 0 Å². The number of primary amides is 1. The fourth-order valence-electron chi connectivity index (χ4n) is 2.01. The molecule has 0 bridgehead atoms. The number of allylic oxidation sites excluding steroid dienone is 2. The first-order valence-corrected chi connectivity index (χ1v) is 6.00. The SMILES string of the molecule is CC1=CC(c2cc(C(N)=O)c(N)[nH]2)C(C)S1. The Bertz CT molecular complexity index is 464. The highest BCUT2D eigenvalue weighted by molar-refractivity contribution is 8.03. The third-order valence-corrected chi connectivity index (χ3v) is 3.96. The fourth-order valence-corrected chi connectivity index (χ4v) is 3.20. The summed E-state index contributed by atoms with van der Waals surface area (Å²) in [5, 5.41) is 0.457. The van der Waals surface area contributed by atoms with Crippen molar-refractivity contribution in [3.8, 4) is 0 Å². The first-order chi connectivity index (χ1) is 7.49. The molecule has 0 radical (unpaired) electrons. The monoisotopic (exact) mass is 237 g/mol. The Morgan fingerprint density at radius 2 is 2.25 bits per heavy atom. The molecule has 2 rings (SSSR count). The molecule has 86 valence electrons. The van der Waals surface area contributed by atoms with Crippen LogP contribution in [-0.4, -0.2) is 16.1 Å². The molecule has 0 saturated heterocycles. The molecule has 4 nitrogen and oxygen atoms in total. The summed E-state index contributed by atoms with van der Waals surface area (Å²) in [5.74, 6) is 0.150. The van der Waals surface area contributed by atoms with Crippen LogP contribution in [0.2, 0.25) is 0 Å². The summed E-state index contributed by atoms with van der Waals surface area (Å²) in [4.78, 5) is 15.4. The van der Waals surface area contributed by atoms with Gasteiger partial charge in [-0.2, -0.15) is 0 Å². The first-order valence-electron chi connectivity index (χ1n) is 5.12. The number of thioether (sulfide) groups is 1. The Kier molecular flexibility index (Phi) is 2.71. The topological polar surface area (TPSA) is 84.9 Å². The number of aromatic amines is 1. The third-order valence-electron chi connectivity index (χ3n) is 2.79. The van der Waals surface area contributed by atoms with Gasteiger partial charge in [-0.05, 0) is 17.9 Å². The number of rotatable bonds is 2. The first kappa shape index (κ1) is 11.1. The summed E-state index contributed by atoms with van der Waals surface area (Å²) in [5.41, 5.74) is 12.3. The van der Waals surface area contributed by atoms with E-state index in [-0.39, 0.29) is 5.92 Å². The summed E-state index contributed by atoms with van der Waals surface area (Å²) in [6, 6.07) is 1.76. The number of anilines is 1. The highest BCUT2D eigenvalue weighted by Gasteiger charge is 2.26. The van der Waals surface area contributed by atoms with Gasteiger partial charge in [0.15, 0.2) is 0 Å². The van der Waals surface area contributed by atoms with Gasteiger partial charge in [-0.15, -0.1) is 11.8 Å². The second kappa shape index (κ2) is 3.90. The van der Waals surface area contributed by atoms with Crippen LogP contribution in [0, 0.1) is 0 Å². The van der Waals surface area contributed by atoms with Crippen LogP contribution in [0.4, 0.5) is 5.82 Å². The number of H-pyrrole nitrogens is 1. The van der Waals surface area contributed by atoms with Crippen LogP contribution in [0.3, 0.4) is 0 Å². The van der Waals surface area contributed by atoms with Gasteiger partial charge in [-0.25, -0.2) is 0 Å². The molecular weight excluding hydrogens is 222 g/mol. The van der Waals surface area contributed by atoms with E-state index in [9.17, 15) is 4.79 Å². The highest BCUT2D eigenvalue weighted by Crippen LogP contribution is 2.41. The lowest BCUT2D eigenvalue weighted by molar-refractivity contribution is 0.100. The van der Waals surface area contributed by atoms with Crippen LogP contribution in [0.15, 0.2) is 17.0 Å². The van der Waals surface area contributed by atoms with Crippen LogP contribution in [0.5, 0.6) is 0 Å². The van der Waals surface area contributed by atoms with E-state index in [1.807, 2.05) is 11.8 Å². The molecule has 5 N–H and O–H groups in total. The van der Waals surface area contributed by atoms with Gasteiger partial charge in [-0.3, -0.25) is 4.79 Å². The third kappa shape index (κ3) is 1.82. The molecule has 2 heterocycles. The highest BCUT2D eigenvalue weighted by atomic mass is 32.2.